The average Bonchev–Trinajstić information content (AvgIpc) is 2.74. The molecule has 136 valence electrons. The number of benzene rings is 3. The van der Waals surface area contributed by atoms with Crippen molar-refractivity contribution >= 4 is 17.6 Å². The highest BCUT2D eigenvalue weighted by Crippen LogP contribution is 2.20. The Labute approximate surface area is 159 Å². The van der Waals surface area contributed by atoms with Crippen LogP contribution in [0.2, 0.25) is 0 Å². The smallest absolute Gasteiger partial charge is 0.338 e. The van der Waals surface area contributed by atoms with E-state index in [1.54, 1.807) is 41.3 Å². The third kappa shape index (κ3) is 4.61. The van der Waals surface area contributed by atoms with Gasteiger partial charge in [0.25, 0.3) is 5.91 Å². The second kappa shape index (κ2) is 8.81. The molecule has 4 heteroatoms. The van der Waals surface area contributed by atoms with E-state index in [1.165, 1.54) is 0 Å². The summed E-state index contributed by atoms with van der Waals surface area (Å²) in [5.74, 6) is -0.535. The Kier molecular flexibility index (Phi) is 6.00. The summed E-state index contributed by atoms with van der Waals surface area (Å²) in [6.45, 7) is 1.97. The lowest BCUT2D eigenvalue weighted by Crippen LogP contribution is -2.42. The van der Waals surface area contributed by atoms with Crippen LogP contribution in [0, 0.1) is 0 Å². The van der Waals surface area contributed by atoms with Gasteiger partial charge in [0, 0.05) is 11.3 Å². The maximum atomic E-state index is 13.1. The van der Waals surface area contributed by atoms with Crippen molar-refractivity contribution in [2.75, 3.05) is 11.5 Å². The number of carbonyl (C=O) groups is 2. The van der Waals surface area contributed by atoms with Gasteiger partial charge in [0.1, 0.15) is 6.61 Å². The number of esters is 1. The highest BCUT2D eigenvalue weighted by atomic mass is 16.5. The van der Waals surface area contributed by atoms with Gasteiger partial charge in [-0.1, -0.05) is 54.6 Å². The minimum absolute atomic E-state index is 0.0984. The molecule has 0 radical (unpaired) electrons. The Balaban J connectivity index is 1.78. The van der Waals surface area contributed by atoms with Gasteiger partial charge in [0.15, 0.2) is 0 Å². The molecule has 0 bridgehead atoms. The maximum Gasteiger partial charge on any atom is 0.338 e. The molecule has 0 N–H and O–H groups in total. The van der Waals surface area contributed by atoms with Crippen molar-refractivity contribution in [2.24, 2.45) is 0 Å². The van der Waals surface area contributed by atoms with Gasteiger partial charge < -0.3 is 9.64 Å². The molecule has 0 aliphatic rings. The zero-order valence-corrected chi connectivity index (χ0v) is 15.1. The van der Waals surface area contributed by atoms with Crippen LogP contribution in [0.25, 0.3) is 0 Å². The van der Waals surface area contributed by atoms with E-state index in [-0.39, 0.29) is 18.6 Å². The van der Waals surface area contributed by atoms with E-state index in [4.69, 9.17) is 4.74 Å². The topological polar surface area (TPSA) is 46.6 Å². The van der Waals surface area contributed by atoms with Crippen molar-refractivity contribution in [1.82, 2.24) is 0 Å². The minimum atomic E-state index is -0.400. The molecule has 3 rings (SSSR count). The molecule has 3 aromatic carbocycles. The second-order valence-corrected chi connectivity index (χ2v) is 6.19. The van der Waals surface area contributed by atoms with Crippen molar-refractivity contribution in [3.8, 4) is 0 Å². The number of amides is 1. The van der Waals surface area contributed by atoms with Crippen LogP contribution in [0.15, 0.2) is 91.0 Å². The van der Waals surface area contributed by atoms with Crippen molar-refractivity contribution in [3.05, 3.63) is 102 Å². The van der Waals surface area contributed by atoms with E-state index in [0.717, 1.165) is 5.69 Å². The Bertz CT molecular complexity index is 879. The van der Waals surface area contributed by atoms with Gasteiger partial charge in [-0.3, -0.25) is 4.79 Å². The number of nitrogens with zero attached hydrogens (tertiary/aromatic N) is 1. The van der Waals surface area contributed by atoms with Crippen LogP contribution in [0.5, 0.6) is 0 Å². The summed E-state index contributed by atoms with van der Waals surface area (Å²) in [5.41, 5.74) is 1.84. The fourth-order valence-corrected chi connectivity index (χ4v) is 2.81. The number of rotatable bonds is 6. The zero-order chi connectivity index (χ0) is 19.1. The molecule has 0 saturated carbocycles. The average molecular weight is 359 g/mol. The first kappa shape index (κ1) is 18.4. The Morgan fingerprint density at radius 2 is 1.26 bits per heavy atom. The molecule has 1 atom stereocenters. The van der Waals surface area contributed by atoms with Gasteiger partial charge in [-0.15, -0.1) is 0 Å². The summed E-state index contributed by atoms with van der Waals surface area (Å²) in [4.78, 5) is 27.0. The molecular weight excluding hydrogens is 338 g/mol. The largest absolute Gasteiger partial charge is 0.460 e. The molecule has 0 spiro atoms. The molecule has 1 unspecified atom stereocenters. The normalized spacial score (nSPS) is 11.4. The molecule has 27 heavy (non-hydrogen) atoms. The Hall–Kier alpha value is -3.40. The molecule has 0 aromatic heterocycles. The third-order valence-electron chi connectivity index (χ3n) is 4.18. The highest BCUT2D eigenvalue weighted by Gasteiger charge is 2.24. The maximum absolute atomic E-state index is 13.1. The third-order valence-corrected chi connectivity index (χ3v) is 4.18. The summed E-state index contributed by atoms with van der Waals surface area (Å²) in [6, 6.07) is 27.0. The first-order valence-corrected chi connectivity index (χ1v) is 8.82. The Morgan fingerprint density at radius 1 is 0.778 bits per heavy atom. The standard InChI is InChI=1S/C23H21NO3/c1-18(17-27-23(26)20-13-7-3-8-14-20)24(21-15-9-4-10-16-21)22(25)19-11-5-2-6-12-19/h2-16,18H,17H2,1H3. The zero-order valence-electron chi connectivity index (χ0n) is 15.1. The van der Waals surface area contributed by atoms with Crippen LogP contribution < -0.4 is 4.90 Å². The van der Waals surface area contributed by atoms with Gasteiger partial charge in [-0.05, 0) is 43.3 Å². The highest BCUT2D eigenvalue weighted by molar-refractivity contribution is 6.06. The molecule has 4 nitrogen and oxygen atoms in total. The quantitative estimate of drug-likeness (QED) is 0.605. The number of para-hydroxylation sites is 1. The van der Waals surface area contributed by atoms with E-state index < -0.39 is 5.97 Å². The summed E-state index contributed by atoms with van der Waals surface area (Å²) in [5, 5.41) is 0. The number of hydrogen-bond donors (Lipinski definition) is 0. The SMILES string of the molecule is CC(COC(=O)c1ccccc1)N(C(=O)c1ccccc1)c1ccccc1. The number of hydrogen-bond acceptors (Lipinski definition) is 3. The lowest BCUT2D eigenvalue weighted by Gasteiger charge is -2.29. The first-order chi connectivity index (χ1) is 13.2. The summed E-state index contributed by atoms with van der Waals surface area (Å²) in [7, 11) is 0. The fourth-order valence-electron chi connectivity index (χ4n) is 2.81. The molecular formula is C23H21NO3. The van der Waals surface area contributed by atoms with Crippen LogP contribution in [0.3, 0.4) is 0 Å². The van der Waals surface area contributed by atoms with Crippen LogP contribution in [0.1, 0.15) is 27.6 Å². The molecule has 0 heterocycles. The number of ether oxygens (including phenoxy) is 1. The molecule has 0 aliphatic heterocycles. The van der Waals surface area contributed by atoms with Gasteiger partial charge in [0.2, 0.25) is 0 Å². The van der Waals surface area contributed by atoms with Crippen LogP contribution in [0.4, 0.5) is 5.69 Å². The number of anilines is 1. The van der Waals surface area contributed by atoms with E-state index in [2.05, 4.69) is 0 Å². The van der Waals surface area contributed by atoms with Crippen molar-refractivity contribution in [3.63, 3.8) is 0 Å². The summed E-state index contributed by atoms with van der Waals surface area (Å²) in [6.07, 6.45) is 0. The summed E-state index contributed by atoms with van der Waals surface area (Å²) < 4.78 is 5.45. The molecule has 3 aromatic rings. The Morgan fingerprint density at radius 3 is 1.81 bits per heavy atom. The number of carbonyl (C=O) groups excluding carboxylic acids is 2. The van der Waals surface area contributed by atoms with Gasteiger partial charge in [0.05, 0.1) is 11.6 Å². The monoisotopic (exact) mass is 359 g/mol. The lowest BCUT2D eigenvalue weighted by molar-refractivity contribution is 0.0479. The minimum Gasteiger partial charge on any atom is -0.460 e. The van der Waals surface area contributed by atoms with Crippen LogP contribution >= 0.6 is 0 Å². The van der Waals surface area contributed by atoms with Gasteiger partial charge in [-0.2, -0.15) is 0 Å². The lowest BCUT2D eigenvalue weighted by atomic mass is 10.1. The molecule has 0 fully saturated rings. The van der Waals surface area contributed by atoms with E-state index >= 15 is 0 Å². The van der Waals surface area contributed by atoms with Crippen molar-refractivity contribution in [2.45, 2.75) is 13.0 Å². The van der Waals surface area contributed by atoms with E-state index in [0.29, 0.717) is 11.1 Å². The molecule has 0 aliphatic carbocycles. The second-order valence-electron chi connectivity index (χ2n) is 6.19. The molecule has 0 saturated heterocycles. The van der Waals surface area contributed by atoms with Crippen molar-refractivity contribution < 1.29 is 14.3 Å². The van der Waals surface area contributed by atoms with E-state index in [1.807, 2.05) is 61.5 Å². The predicted octanol–water partition coefficient (Wildman–Crippen LogP) is 4.58. The van der Waals surface area contributed by atoms with Gasteiger partial charge in [-0.25, -0.2) is 4.79 Å². The van der Waals surface area contributed by atoms with Crippen molar-refractivity contribution in [1.29, 1.82) is 0 Å². The molecule has 1 amide bonds. The first-order valence-electron chi connectivity index (χ1n) is 8.82. The fraction of sp³-hybridized carbons (Fsp3) is 0.130. The predicted molar refractivity (Wildman–Crippen MR) is 106 cm³/mol. The van der Waals surface area contributed by atoms with Crippen LogP contribution in [-0.2, 0) is 4.74 Å². The van der Waals surface area contributed by atoms with Gasteiger partial charge >= 0.3 is 5.97 Å². The van der Waals surface area contributed by atoms with Crippen LogP contribution in [-0.4, -0.2) is 24.5 Å². The summed E-state index contributed by atoms with van der Waals surface area (Å²) >= 11 is 0. The van der Waals surface area contributed by atoms with E-state index in [9.17, 15) is 9.59 Å².